The summed E-state index contributed by atoms with van der Waals surface area (Å²) in [5, 5.41) is 0. The van der Waals surface area contributed by atoms with Gasteiger partial charge in [-0.25, -0.2) is 0 Å². The Morgan fingerprint density at radius 3 is 1.75 bits per heavy atom. The Hall–Kier alpha value is 0.722. The van der Waals surface area contributed by atoms with Crippen LogP contribution >= 0.6 is 8.69 Å². The number of rotatable bonds is 0. The molecule has 0 amide bonds. The van der Waals surface area contributed by atoms with E-state index in [1.54, 1.807) is 0 Å². The first kappa shape index (κ1) is 8.83. The maximum absolute atomic E-state index is 8.57. The Morgan fingerprint density at radius 2 is 1.75 bits per heavy atom. The van der Waals surface area contributed by atoms with Gasteiger partial charge in [0.15, 0.2) is 8.69 Å². The summed E-state index contributed by atoms with van der Waals surface area (Å²) in [4.78, 5) is 7.10. The SMILES string of the molecule is O=[PH2]O.[Cr]. The standard InChI is InChI=1S/Cr.H3O2P/c;1-3-2/h;3H2,(H,1,2). The van der Waals surface area contributed by atoms with E-state index in [9.17, 15) is 0 Å². The second-order valence-corrected chi connectivity index (χ2v) is 0.316. The van der Waals surface area contributed by atoms with Crippen LogP contribution in [0, 0.1) is 0 Å². The molecule has 0 bridgehead atoms. The van der Waals surface area contributed by atoms with Crippen molar-refractivity contribution in [1.82, 2.24) is 0 Å². The fourth-order valence-corrected chi connectivity index (χ4v) is 0. The first-order valence-corrected chi connectivity index (χ1v) is 1.48. The van der Waals surface area contributed by atoms with Crippen LogP contribution in [-0.4, -0.2) is 4.89 Å². The van der Waals surface area contributed by atoms with Crippen molar-refractivity contribution >= 4 is 8.69 Å². The van der Waals surface area contributed by atoms with Gasteiger partial charge in [0.05, 0.1) is 0 Å². The molecule has 0 aromatic carbocycles. The fraction of sp³-hybridized carbons (Fsp3) is 0. The second kappa shape index (κ2) is 9.30. The van der Waals surface area contributed by atoms with E-state index in [4.69, 9.17) is 9.46 Å². The van der Waals surface area contributed by atoms with Gasteiger partial charge in [0.25, 0.3) is 0 Å². The molecule has 0 saturated heterocycles. The molecule has 0 heterocycles. The van der Waals surface area contributed by atoms with Crippen LogP contribution < -0.4 is 0 Å². The average molecular weight is 118 g/mol. The molecule has 4 heavy (non-hydrogen) atoms. The van der Waals surface area contributed by atoms with Crippen LogP contribution in [0.15, 0.2) is 0 Å². The molecule has 0 fully saturated rings. The zero-order chi connectivity index (χ0) is 2.71. The van der Waals surface area contributed by atoms with Crippen molar-refractivity contribution < 1.29 is 26.8 Å². The van der Waals surface area contributed by atoms with Crippen LogP contribution in [0.25, 0.3) is 0 Å². The summed E-state index contributed by atoms with van der Waals surface area (Å²) in [7, 11) is -1.50. The van der Waals surface area contributed by atoms with Crippen LogP contribution in [0.1, 0.15) is 0 Å². The Bertz CT molecular complexity index is 13.5. The van der Waals surface area contributed by atoms with Gasteiger partial charge in [0.1, 0.15) is 0 Å². The van der Waals surface area contributed by atoms with Crippen LogP contribution in [0.5, 0.6) is 0 Å². The molecule has 0 aliphatic heterocycles. The summed E-state index contributed by atoms with van der Waals surface area (Å²) < 4.78 is 8.57. The largest absolute Gasteiger partial charge is 0.348 e. The third kappa shape index (κ3) is 15.5. The minimum absolute atomic E-state index is 0. The summed E-state index contributed by atoms with van der Waals surface area (Å²) >= 11 is 0. The molecule has 0 radical (unpaired) electrons. The van der Waals surface area contributed by atoms with E-state index >= 15 is 0 Å². The summed E-state index contributed by atoms with van der Waals surface area (Å²) in [5.74, 6) is 0. The molecule has 0 aromatic rings. The van der Waals surface area contributed by atoms with Crippen molar-refractivity contribution in [3.8, 4) is 0 Å². The van der Waals surface area contributed by atoms with Crippen molar-refractivity contribution in [1.29, 1.82) is 0 Å². The monoisotopic (exact) mass is 118 g/mol. The Morgan fingerprint density at radius 1 is 1.75 bits per heavy atom. The molecule has 0 spiro atoms. The second-order valence-electron chi connectivity index (χ2n) is 0.105. The minimum atomic E-state index is -1.50. The van der Waals surface area contributed by atoms with Gasteiger partial charge in [0, 0.05) is 17.4 Å². The third-order valence-corrected chi connectivity index (χ3v) is 0. The first-order chi connectivity index (χ1) is 1.41. The Kier molecular flexibility index (Phi) is 20.5. The fourth-order valence-electron chi connectivity index (χ4n) is 0. The predicted octanol–water partition coefficient (Wildman–Crippen LogP) is -0.353. The zero-order valence-electron chi connectivity index (χ0n) is 1.84. The van der Waals surface area contributed by atoms with Crippen LogP contribution in [0.2, 0.25) is 0 Å². The molecule has 4 heteroatoms. The van der Waals surface area contributed by atoms with Crippen molar-refractivity contribution in [3.05, 3.63) is 0 Å². The van der Waals surface area contributed by atoms with Gasteiger partial charge in [0.2, 0.25) is 0 Å². The maximum atomic E-state index is 8.57. The van der Waals surface area contributed by atoms with Crippen LogP contribution in [0.4, 0.5) is 0 Å². The third-order valence-electron chi connectivity index (χ3n) is 0. The quantitative estimate of drug-likeness (QED) is 0.441. The van der Waals surface area contributed by atoms with Crippen molar-refractivity contribution in [2.45, 2.75) is 0 Å². The Balaban J connectivity index is 0. The average Bonchev–Trinajstić information content (AvgIpc) is 0.918. The van der Waals surface area contributed by atoms with E-state index < -0.39 is 8.69 Å². The molecule has 1 unspecified atom stereocenters. The maximum Gasteiger partial charge on any atom is 0.177 e. The Labute approximate surface area is 36.2 Å². The zero-order valence-corrected chi connectivity index (χ0v) is 4.27. The van der Waals surface area contributed by atoms with Gasteiger partial charge < -0.3 is 4.89 Å². The molecule has 0 saturated carbocycles. The minimum Gasteiger partial charge on any atom is -0.348 e. The summed E-state index contributed by atoms with van der Waals surface area (Å²) in [6.07, 6.45) is 0. The molecule has 0 aromatic heterocycles. The molecule has 1 N–H and O–H groups in total. The molecule has 1 atom stereocenters. The molecule has 2 nitrogen and oxygen atoms in total. The van der Waals surface area contributed by atoms with Gasteiger partial charge in [-0.05, 0) is 0 Å². The van der Waals surface area contributed by atoms with E-state index in [1.165, 1.54) is 0 Å². The van der Waals surface area contributed by atoms with Gasteiger partial charge in [-0.2, -0.15) is 0 Å². The molecular weight excluding hydrogens is 115 g/mol. The number of hydrogen-bond acceptors (Lipinski definition) is 1. The van der Waals surface area contributed by atoms with E-state index in [0.29, 0.717) is 0 Å². The molecule has 0 aliphatic rings. The molecule has 0 rings (SSSR count). The van der Waals surface area contributed by atoms with Gasteiger partial charge >= 0.3 is 0 Å². The number of hydrogen-bond donors (Lipinski definition) is 1. The van der Waals surface area contributed by atoms with E-state index in [2.05, 4.69) is 0 Å². The molecule has 26 valence electrons. The van der Waals surface area contributed by atoms with Crippen molar-refractivity contribution in [2.24, 2.45) is 0 Å². The summed E-state index contributed by atoms with van der Waals surface area (Å²) in [6, 6.07) is 0. The van der Waals surface area contributed by atoms with Gasteiger partial charge in [-0.15, -0.1) is 0 Å². The van der Waals surface area contributed by atoms with E-state index in [-0.39, 0.29) is 17.4 Å². The normalized spacial score (nSPS) is 7.25. The first-order valence-electron chi connectivity index (χ1n) is 0.494. The summed E-state index contributed by atoms with van der Waals surface area (Å²) in [6.45, 7) is 0. The predicted molar refractivity (Wildman–Crippen MR) is 12.6 cm³/mol. The van der Waals surface area contributed by atoms with Gasteiger partial charge in [-0.3, -0.25) is 4.57 Å². The van der Waals surface area contributed by atoms with Crippen LogP contribution in [-0.2, 0) is 21.9 Å². The topological polar surface area (TPSA) is 37.3 Å². The van der Waals surface area contributed by atoms with Crippen molar-refractivity contribution in [3.63, 3.8) is 0 Å². The smallest absolute Gasteiger partial charge is 0.177 e. The van der Waals surface area contributed by atoms with Gasteiger partial charge in [-0.1, -0.05) is 0 Å². The van der Waals surface area contributed by atoms with Crippen LogP contribution in [0.3, 0.4) is 0 Å². The van der Waals surface area contributed by atoms with E-state index in [1.807, 2.05) is 0 Å². The molecular formula is H3CrO2P. The molecule has 0 aliphatic carbocycles. The van der Waals surface area contributed by atoms with Crippen molar-refractivity contribution in [2.75, 3.05) is 0 Å². The summed E-state index contributed by atoms with van der Waals surface area (Å²) in [5.41, 5.74) is 0. The van der Waals surface area contributed by atoms with E-state index in [0.717, 1.165) is 0 Å².